The Morgan fingerprint density at radius 1 is 1.18 bits per heavy atom. The Morgan fingerprint density at radius 2 is 1.85 bits per heavy atom. The van der Waals surface area contributed by atoms with Crippen LogP contribution in [0.1, 0.15) is 62.7 Å². The van der Waals surface area contributed by atoms with Crippen molar-refractivity contribution in [1.29, 1.82) is 0 Å². The van der Waals surface area contributed by atoms with Crippen molar-refractivity contribution in [2.24, 2.45) is 5.92 Å². The average molecular weight is 458 g/mol. The monoisotopic (exact) mass is 457 g/mol. The van der Waals surface area contributed by atoms with E-state index in [1.165, 1.54) is 0 Å². The van der Waals surface area contributed by atoms with Crippen LogP contribution in [-0.2, 0) is 14.3 Å². The molecule has 3 fully saturated rings. The normalized spacial score (nSPS) is 23.2. The van der Waals surface area contributed by atoms with Gasteiger partial charge in [0, 0.05) is 43.5 Å². The number of hydrogen-bond acceptors (Lipinski definition) is 5. The summed E-state index contributed by atoms with van der Waals surface area (Å²) in [6, 6.07) is 6.21. The number of ether oxygens (including phenoxy) is 2. The first-order chi connectivity index (χ1) is 15.9. The smallest absolute Gasteiger partial charge is 0.256 e. The van der Waals surface area contributed by atoms with Gasteiger partial charge in [0.2, 0.25) is 11.8 Å². The van der Waals surface area contributed by atoms with Crippen molar-refractivity contribution in [2.75, 3.05) is 26.8 Å². The Bertz CT molecular complexity index is 875. The molecule has 1 saturated carbocycles. The van der Waals surface area contributed by atoms with Gasteiger partial charge < -0.3 is 19.7 Å². The molecule has 0 radical (unpaired) electrons. The molecule has 4 rings (SSSR count). The molecule has 2 atom stereocenters. The summed E-state index contributed by atoms with van der Waals surface area (Å²) in [6.45, 7) is 5.17. The number of nitrogens with zero attached hydrogens (tertiary/aromatic N) is 2. The number of likely N-dealkylation sites (tertiary alicyclic amines) is 1. The number of benzene rings is 1. The van der Waals surface area contributed by atoms with Crippen LogP contribution in [-0.4, -0.2) is 72.1 Å². The Labute approximate surface area is 195 Å². The lowest BCUT2D eigenvalue weighted by molar-refractivity contribution is -0.149. The van der Waals surface area contributed by atoms with Gasteiger partial charge in [0.05, 0.1) is 13.7 Å². The standard InChI is InChI=1S/C25H35N3O5/c1-4-17(2)26-22(29)21-16-33-25(12-14-27(15-13-25)23(30)18-6-5-7-18)28(21)24(31)19-8-10-20(32-3)11-9-19/h8-11,17-18,21H,4-7,12-16H2,1-3H3,(H,26,29)/t17-,21+/m0/s1. The van der Waals surface area contributed by atoms with Crippen molar-refractivity contribution in [1.82, 2.24) is 15.1 Å². The van der Waals surface area contributed by atoms with E-state index in [9.17, 15) is 14.4 Å². The second-order valence-electron chi connectivity index (χ2n) is 9.45. The number of hydrogen-bond donors (Lipinski definition) is 1. The summed E-state index contributed by atoms with van der Waals surface area (Å²) in [4.78, 5) is 43.1. The molecule has 2 aliphatic heterocycles. The predicted molar refractivity (Wildman–Crippen MR) is 123 cm³/mol. The van der Waals surface area contributed by atoms with Gasteiger partial charge in [-0.05, 0) is 50.5 Å². The molecule has 3 aliphatic rings. The van der Waals surface area contributed by atoms with Crippen LogP contribution in [0.15, 0.2) is 24.3 Å². The molecule has 1 N–H and O–H groups in total. The maximum Gasteiger partial charge on any atom is 0.256 e. The van der Waals surface area contributed by atoms with Crippen LogP contribution in [0.3, 0.4) is 0 Å². The van der Waals surface area contributed by atoms with Crippen LogP contribution < -0.4 is 10.1 Å². The van der Waals surface area contributed by atoms with E-state index in [-0.39, 0.29) is 36.3 Å². The second-order valence-corrected chi connectivity index (χ2v) is 9.45. The molecule has 2 saturated heterocycles. The first kappa shape index (κ1) is 23.5. The van der Waals surface area contributed by atoms with Crippen molar-refractivity contribution in [3.05, 3.63) is 29.8 Å². The van der Waals surface area contributed by atoms with Gasteiger partial charge in [0.1, 0.15) is 17.5 Å². The van der Waals surface area contributed by atoms with E-state index < -0.39 is 11.8 Å². The minimum atomic E-state index is -0.884. The highest BCUT2D eigenvalue weighted by atomic mass is 16.5. The van der Waals surface area contributed by atoms with E-state index >= 15 is 0 Å². The van der Waals surface area contributed by atoms with Crippen molar-refractivity contribution in [2.45, 2.75) is 70.2 Å². The van der Waals surface area contributed by atoms with Crippen molar-refractivity contribution in [3.8, 4) is 5.75 Å². The lowest BCUT2D eigenvalue weighted by atomic mass is 9.83. The summed E-state index contributed by atoms with van der Waals surface area (Å²) in [6.07, 6.45) is 4.86. The average Bonchev–Trinajstić information content (AvgIpc) is 3.16. The highest BCUT2D eigenvalue weighted by Gasteiger charge is 2.54. The third kappa shape index (κ3) is 4.58. The van der Waals surface area contributed by atoms with E-state index in [1.54, 1.807) is 36.3 Å². The number of amides is 3. The molecule has 1 aliphatic carbocycles. The van der Waals surface area contributed by atoms with Crippen LogP contribution in [0.25, 0.3) is 0 Å². The summed E-state index contributed by atoms with van der Waals surface area (Å²) in [7, 11) is 1.58. The number of rotatable bonds is 6. The number of carbonyl (C=O) groups excluding carboxylic acids is 3. The lowest BCUT2D eigenvalue weighted by Crippen LogP contribution is -2.60. The fraction of sp³-hybridized carbons (Fsp3) is 0.640. The fourth-order valence-electron chi connectivity index (χ4n) is 4.87. The molecule has 8 heteroatoms. The molecule has 1 aromatic carbocycles. The molecule has 33 heavy (non-hydrogen) atoms. The summed E-state index contributed by atoms with van der Waals surface area (Å²) in [5.41, 5.74) is -0.403. The highest BCUT2D eigenvalue weighted by molar-refractivity contribution is 5.98. The first-order valence-corrected chi connectivity index (χ1v) is 12.1. The van der Waals surface area contributed by atoms with Crippen LogP contribution in [0.2, 0.25) is 0 Å². The maximum absolute atomic E-state index is 13.7. The van der Waals surface area contributed by atoms with Gasteiger partial charge in [-0.3, -0.25) is 19.3 Å². The summed E-state index contributed by atoms with van der Waals surface area (Å²) in [5, 5.41) is 3.01. The Morgan fingerprint density at radius 3 is 2.39 bits per heavy atom. The van der Waals surface area contributed by atoms with Gasteiger partial charge in [0.25, 0.3) is 5.91 Å². The van der Waals surface area contributed by atoms with Gasteiger partial charge in [-0.1, -0.05) is 13.3 Å². The van der Waals surface area contributed by atoms with E-state index in [4.69, 9.17) is 9.47 Å². The third-order valence-corrected chi connectivity index (χ3v) is 7.43. The van der Waals surface area contributed by atoms with Crippen molar-refractivity contribution >= 4 is 17.7 Å². The molecular weight excluding hydrogens is 422 g/mol. The van der Waals surface area contributed by atoms with Crippen molar-refractivity contribution < 1.29 is 23.9 Å². The van der Waals surface area contributed by atoms with E-state index in [0.29, 0.717) is 37.2 Å². The molecule has 0 bridgehead atoms. The van der Waals surface area contributed by atoms with Crippen LogP contribution in [0.5, 0.6) is 5.75 Å². The molecule has 1 spiro atoms. The molecule has 2 heterocycles. The first-order valence-electron chi connectivity index (χ1n) is 12.1. The summed E-state index contributed by atoms with van der Waals surface area (Å²) < 4.78 is 11.5. The van der Waals surface area contributed by atoms with Gasteiger partial charge >= 0.3 is 0 Å². The molecule has 8 nitrogen and oxygen atoms in total. The predicted octanol–water partition coefficient (Wildman–Crippen LogP) is 2.57. The fourth-order valence-corrected chi connectivity index (χ4v) is 4.87. The highest BCUT2D eigenvalue weighted by Crippen LogP contribution is 2.40. The minimum Gasteiger partial charge on any atom is -0.497 e. The zero-order chi connectivity index (χ0) is 23.6. The Kier molecular flexibility index (Phi) is 6.93. The number of carbonyl (C=O) groups is 3. The number of methoxy groups -OCH3 is 1. The Hall–Kier alpha value is -2.61. The van der Waals surface area contributed by atoms with E-state index in [0.717, 1.165) is 25.7 Å². The number of nitrogens with one attached hydrogen (secondary N) is 1. The van der Waals surface area contributed by atoms with Gasteiger partial charge in [0.15, 0.2) is 0 Å². The lowest BCUT2D eigenvalue weighted by Gasteiger charge is -2.45. The van der Waals surface area contributed by atoms with Gasteiger partial charge in [-0.25, -0.2) is 0 Å². The van der Waals surface area contributed by atoms with Gasteiger partial charge in [-0.15, -0.1) is 0 Å². The zero-order valence-corrected chi connectivity index (χ0v) is 19.8. The molecule has 0 aromatic heterocycles. The SMILES string of the molecule is CC[C@H](C)NC(=O)[C@H]1COC2(CCN(C(=O)C3CCC3)CC2)N1C(=O)c1ccc(OC)cc1. The molecule has 1 aromatic rings. The van der Waals surface area contributed by atoms with Crippen LogP contribution in [0.4, 0.5) is 0 Å². The second kappa shape index (κ2) is 9.71. The maximum atomic E-state index is 13.7. The largest absolute Gasteiger partial charge is 0.497 e. The van der Waals surface area contributed by atoms with E-state index in [2.05, 4.69) is 5.32 Å². The van der Waals surface area contributed by atoms with Crippen LogP contribution >= 0.6 is 0 Å². The van der Waals surface area contributed by atoms with Crippen molar-refractivity contribution in [3.63, 3.8) is 0 Å². The number of piperidine rings is 1. The topological polar surface area (TPSA) is 88.2 Å². The zero-order valence-electron chi connectivity index (χ0n) is 19.8. The molecule has 0 unspecified atom stereocenters. The third-order valence-electron chi connectivity index (χ3n) is 7.43. The quantitative estimate of drug-likeness (QED) is 0.709. The minimum absolute atomic E-state index is 0.00827. The van der Waals surface area contributed by atoms with E-state index in [1.807, 2.05) is 18.7 Å². The molecule has 180 valence electrons. The molecule has 3 amide bonds. The Balaban J connectivity index is 1.56. The van der Waals surface area contributed by atoms with Crippen LogP contribution in [0, 0.1) is 5.92 Å². The molecular formula is C25H35N3O5. The summed E-state index contributed by atoms with van der Waals surface area (Å²) >= 11 is 0. The summed E-state index contributed by atoms with van der Waals surface area (Å²) in [5.74, 6) is 0.588. The van der Waals surface area contributed by atoms with Gasteiger partial charge in [-0.2, -0.15) is 0 Å².